The standard InChI is InChI=1S/C13H18BrN3O/c1-2-3-17-7-8(14)4-11(17)13(18)16-12-9-5-15-6-10(9)12/h4,7,9-10,12,15H,2-3,5-6H2,1H3,(H,16,18). The molecule has 98 valence electrons. The van der Waals surface area contributed by atoms with E-state index in [-0.39, 0.29) is 5.91 Å². The van der Waals surface area contributed by atoms with Crippen molar-refractivity contribution in [3.05, 3.63) is 22.4 Å². The molecule has 3 rings (SSSR count). The lowest BCUT2D eigenvalue weighted by atomic mass is 10.3. The van der Waals surface area contributed by atoms with Crippen LogP contribution in [0.15, 0.2) is 16.7 Å². The number of carbonyl (C=O) groups excluding carboxylic acids is 1. The van der Waals surface area contributed by atoms with E-state index in [0.29, 0.717) is 17.9 Å². The van der Waals surface area contributed by atoms with Crippen molar-refractivity contribution in [1.29, 1.82) is 0 Å². The van der Waals surface area contributed by atoms with Gasteiger partial charge in [-0.3, -0.25) is 4.79 Å². The molecule has 2 fully saturated rings. The number of nitrogens with one attached hydrogen (secondary N) is 2. The largest absolute Gasteiger partial charge is 0.347 e. The van der Waals surface area contributed by atoms with Crippen molar-refractivity contribution in [2.45, 2.75) is 25.9 Å². The van der Waals surface area contributed by atoms with Crippen molar-refractivity contribution in [3.8, 4) is 0 Å². The summed E-state index contributed by atoms with van der Waals surface area (Å²) >= 11 is 3.44. The first kappa shape index (κ1) is 12.2. The smallest absolute Gasteiger partial charge is 0.268 e. The fraction of sp³-hybridized carbons (Fsp3) is 0.615. The molecule has 0 radical (unpaired) electrons. The van der Waals surface area contributed by atoms with Gasteiger partial charge in [0.2, 0.25) is 0 Å². The van der Waals surface area contributed by atoms with E-state index >= 15 is 0 Å². The summed E-state index contributed by atoms with van der Waals surface area (Å²) in [6.45, 7) is 5.10. The molecule has 0 bridgehead atoms. The summed E-state index contributed by atoms with van der Waals surface area (Å²) in [6, 6.07) is 2.30. The monoisotopic (exact) mass is 311 g/mol. The van der Waals surface area contributed by atoms with Crippen LogP contribution in [0.25, 0.3) is 0 Å². The number of hydrogen-bond acceptors (Lipinski definition) is 2. The maximum Gasteiger partial charge on any atom is 0.268 e. The van der Waals surface area contributed by atoms with E-state index in [1.54, 1.807) is 0 Å². The third-order valence-electron chi connectivity index (χ3n) is 3.95. The van der Waals surface area contributed by atoms with E-state index in [9.17, 15) is 4.79 Å². The average Bonchev–Trinajstić information content (AvgIpc) is 2.72. The van der Waals surface area contributed by atoms with E-state index in [4.69, 9.17) is 0 Å². The molecule has 1 aliphatic carbocycles. The van der Waals surface area contributed by atoms with Gasteiger partial charge in [-0.1, -0.05) is 6.92 Å². The number of hydrogen-bond donors (Lipinski definition) is 2. The van der Waals surface area contributed by atoms with Crippen LogP contribution >= 0.6 is 15.9 Å². The van der Waals surface area contributed by atoms with Crippen molar-refractivity contribution in [1.82, 2.24) is 15.2 Å². The minimum Gasteiger partial charge on any atom is -0.347 e. The molecule has 0 spiro atoms. The Morgan fingerprint density at radius 2 is 2.28 bits per heavy atom. The van der Waals surface area contributed by atoms with Crippen LogP contribution in [0.3, 0.4) is 0 Å². The first-order valence-electron chi connectivity index (χ1n) is 6.58. The van der Waals surface area contributed by atoms with Gasteiger partial charge in [0.15, 0.2) is 0 Å². The zero-order valence-corrected chi connectivity index (χ0v) is 12.0. The lowest BCUT2D eigenvalue weighted by Crippen LogP contribution is -2.33. The van der Waals surface area contributed by atoms with Gasteiger partial charge in [0, 0.05) is 36.3 Å². The second kappa shape index (κ2) is 4.70. The van der Waals surface area contributed by atoms with Crippen LogP contribution in [0.4, 0.5) is 0 Å². The summed E-state index contributed by atoms with van der Waals surface area (Å²) < 4.78 is 2.99. The van der Waals surface area contributed by atoms with Crippen LogP contribution in [0, 0.1) is 11.8 Å². The second-order valence-corrected chi connectivity index (χ2v) is 6.14. The van der Waals surface area contributed by atoms with Gasteiger partial charge < -0.3 is 15.2 Å². The number of rotatable bonds is 4. The molecule has 1 aromatic rings. The Bertz CT molecular complexity index is 461. The number of halogens is 1. The van der Waals surface area contributed by atoms with Crippen LogP contribution < -0.4 is 10.6 Å². The SMILES string of the molecule is CCCn1cc(Br)cc1C(=O)NC1C2CNCC21. The molecule has 4 nitrogen and oxygen atoms in total. The molecule has 1 saturated heterocycles. The number of fused-ring (bicyclic) bond motifs is 1. The highest BCUT2D eigenvalue weighted by atomic mass is 79.9. The molecule has 1 aromatic heterocycles. The number of nitrogens with zero attached hydrogens (tertiary/aromatic N) is 1. The molecule has 1 saturated carbocycles. The van der Waals surface area contributed by atoms with E-state index < -0.39 is 0 Å². The van der Waals surface area contributed by atoms with Gasteiger partial charge in [0.05, 0.1) is 0 Å². The fourth-order valence-electron chi connectivity index (χ4n) is 2.95. The Morgan fingerprint density at radius 3 is 2.94 bits per heavy atom. The van der Waals surface area contributed by atoms with E-state index in [2.05, 4.69) is 33.5 Å². The van der Waals surface area contributed by atoms with Gasteiger partial charge in [-0.05, 0) is 40.3 Å². The summed E-state index contributed by atoms with van der Waals surface area (Å²) in [6.07, 6.45) is 3.01. The third kappa shape index (κ3) is 2.10. The number of aryl methyl sites for hydroxylation is 1. The minimum absolute atomic E-state index is 0.0635. The Hall–Kier alpha value is -0.810. The summed E-state index contributed by atoms with van der Waals surface area (Å²) in [7, 11) is 0. The van der Waals surface area contributed by atoms with Gasteiger partial charge in [0.25, 0.3) is 5.91 Å². The predicted octanol–water partition coefficient (Wildman–Crippen LogP) is 1.61. The number of carbonyl (C=O) groups is 1. The van der Waals surface area contributed by atoms with Crippen molar-refractivity contribution in [3.63, 3.8) is 0 Å². The molecule has 5 heteroatoms. The minimum atomic E-state index is 0.0635. The molecule has 1 amide bonds. The number of amides is 1. The number of aromatic nitrogens is 1. The molecule has 0 aromatic carbocycles. The Labute approximate surface area is 115 Å². The molecule has 2 N–H and O–H groups in total. The summed E-state index contributed by atoms with van der Waals surface area (Å²) in [5.41, 5.74) is 0.765. The summed E-state index contributed by atoms with van der Waals surface area (Å²) in [5.74, 6) is 1.38. The van der Waals surface area contributed by atoms with Crippen LogP contribution in [-0.2, 0) is 6.54 Å². The third-order valence-corrected chi connectivity index (χ3v) is 4.38. The quantitative estimate of drug-likeness (QED) is 0.887. The zero-order chi connectivity index (χ0) is 12.7. The van der Waals surface area contributed by atoms with E-state index in [1.807, 2.05) is 16.8 Å². The first-order chi connectivity index (χ1) is 8.70. The first-order valence-corrected chi connectivity index (χ1v) is 7.37. The molecular formula is C13H18BrN3O. The van der Waals surface area contributed by atoms with Gasteiger partial charge in [-0.25, -0.2) is 0 Å². The number of piperidine rings is 1. The van der Waals surface area contributed by atoms with E-state index in [0.717, 1.165) is 36.2 Å². The van der Waals surface area contributed by atoms with Crippen LogP contribution in [-0.4, -0.2) is 29.6 Å². The van der Waals surface area contributed by atoms with Crippen LogP contribution in [0.2, 0.25) is 0 Å². The molecule has 2 heterocycles. The highest BCUT2D eigenvalue weighted by molar-refractivity contribution is 9.10. The molecule has 2 unspecified atom stereocenters. The highest BCUT2D eigenvalue weighted by Crippen LogP contribution is 2.41. The molecule has 2 aliphatic rings. The maximum absolute atomic E-state index is 12.3. The van der Waals surface area contributed by atoms with Crippen molar-refractivity contribution in [2.75, 3.05) is 13.1 Å². The zero-order valence-electron chi connectivity index (χ0n) is 10.4. The normalized spacial score (nSPS) is 29.1. The van der Waals surface area contributed by atoms with Gasteiger partial charge >= 0.3 is 0 Å². The van der Waals surface area contributed by atoms with Crippen LogP contribution in [0.5, 0.6) is 0 Å². The van der Waals surface area contributed by atoms with Crippen molar-refractivity contribution < 1.29 is 4.79 Å². The van der Waals surface area contributed by atoms with Crippen molar-refractivity contribution in [2.24, 2.45) is 11.8 Å². The molecule has 18 heavy (non-hydrogen) atoms. The second-order valence-electron chi connectivity index (χ2n) is 5.22. The molecule has 1 aliphatic heterocycles. The summed E-state index contributed by atoms with van der Waals surface area (Å²) in [4.78, 5) is 12.3. The Balaban J connectivity index is 1.68. The van der Waals surface area contributed by atoms with Gasteiger partial charge in [0.1, 0.15) is 5.69 Å². The predicted molar refractivity (Wildman–Crippen MR) is 73.5 cm³/mol. The van der Waals surface area contributed by atoms with E-state index in [1.165, 1.54) is 0 Å². The average molecular weight is 312 g/mol. The van der Waals surface area contributed by atoms with Gasteiger partial charge in [-0.2, -0.15) is 0 Å². The van der Waals surface area contributed by atoms with Gasteiger partial charge in [-0.15, -0.1) is 0 Å². The Kier molecular flexibility index (Phi) is 3.20. The summed E-state index contributed by atoms with van der Waals surface area (Å²) in [5, 5.41) is 6.50. The molecular weight excluding hydrogens is 294 g/mol. The lowest BCUT2D eigenvalue weighted by Gasteiger charge is -2.10. The topological polar surface area (TPSA) is 46.1 Å². The van der Waals surface area contributed by atoms with Crippen LogP contribution in [0.1, 0.15) is 23.8 Å². The lowest BCUT2D eigenvalue weighted by molar-refractivity contribution is 0.0937. The molecule has 2 atom stereocenters. The fourth-order valence-corrected chi connectivity index (χ4v) is 3.41. The van der Waals surface area contributed by atoms with Crippen molar-refractivity contribution >= 4 is 21.8 Å². The Morgan fingerprint density at radius 1 is 1.56 bits per heavy atom. The highest BCUT2D eigenvalue weighted by Gasteiger charge is 2.53. The maximum atomic E-state index is 12.3.